The van der Waals surface area contributed by atoms with Gasteiger partial charge in [0.05, 0.1) is 17.3 Å². The number of nitrogens with one attached hydrogen (secondary N) is 1. The quantitative estimate of drug-likeness (QED) is 0.739. The largest absolute Gasteiger partial charge is 0.344 e. The Hall–Kier alpha value is -2.79. The van der Waals surface area contributed by atoms with E-state index in [1.807, 2.05) is 45.0 Å². The highest BCUT2D eigenvalue weighted by Gasteiger charge is 2.20. The average molecular weight is 348 g/mol. The molecule has 0 bridgehead atoms. The van der Waals surface area contributed by atoms with Gasteiger partial charge in [-0.2, -0.15) is 0 Å². The molecule has 1 atom stereocenters. The Balaban J connectivity index is 1.89. The Labute approximate surface area is 153 Å². The molecule has 0 saturated heterocycles. The van der Waals surface area contributed by atoms with Gasteiger partial charge in [-0.15, -0.1) is 0 Å². The number of fused-ring (bicyclic) bond motifs is 1. The highest BCUT2D eigenvalue weighted by atomic mass is 16.1. The summed E-state index contributed by atoms with van der Waals surface area (Å²) in [6.07, 6.45) is 1.60. The van der Waals surface area contributed by atoms with Crippen LogP contribution in [0.3, 0.4) is 0 Å². The van der Waals surface area contributed by atoms with Gasteiger partial charge in [-0.05, 0) is 35.2 Å². The molecule has 1 amide bonds. The highest BCUT2D eigenvalue weighted by Crippen LogP contribution is 2.22. The first-order chi connectivity index (χ1) is 12.5. The van der Waals surface area contributed by atoms with Crippen LogP contribution in [0.4, 0.5) is 0 Å². The third-order valence-corrected chi connectivity index (χ3v) is 4.45. The predicted octanol–water partition coefficient (Wildman–Crippen LogP) is 3.49. The Kier molecular flexibility index (Phi) is 5.28. The minimum absolute atomic E-state index is 0.134. The van der Waals surface area contributed by atoms with Gasteiger partial charge in [-0.3, -0.25) is 4.79 Å². The minimum Gasteiger partial charge on any atom is -0.344 e. The van der Waals surface area contributed by atoms with Crippen molar-refractivity contribution in [2.75, 3.05) is 6.54 Å². The summed E-state index contributed by atoms with van der Waals surface area (Å²) < 4.78 is 0. The molecular weight excluding hydrogens is 324 g/mol. The summed E-state index contributed by atoms with van der Waals surface area (Å²) in [6.45, 7) is 6.17. The SMILES string of the molecule is Cc1ncc(C(=O)NC(CN)c2ccc3ccccc3c2)c(C(C)C)n1. The van der Waals surface area contributed by atoms with E-state index in [2.05, 4.69) is 33.5 Å². The van der Waals surface area contributed by atoms with Gasteiger partial charge in [0.2, 0.25) is 0 Å². The van der Waals surface area contributed by atoms with Crippen molar-refractivity contribution in [2.45, 2.75) is 32.7 Å². The van der Waals surface area contributed by atoms with Crippen molar-refractivity contribution in [2.24, 2.45) is 5.73 Å². The van der Waals surface area contributed by atoms with E-state index in [1.165, 1.54) is 0 Å². The van der Waals surface area contributed by atoms with Crippen LogP contribution in [0, 0.1) is 6.92 Å². The van der Waals surface area contributed by atoms with E-state index in [-0.39, 0.29) is 17.9 Å². The number of aromatic nitrogens is 2. The fourth-order valence-corrected chi connectivity index (χ4v) is 3.04. The van der Waals surface area contributed by atoms with Crippen molar-refractivity contribution >= 4 is 16.7 Å². The van der Waals surface area contributed by atoms with Crippen molar-refractivity contribution < 1.29 is 4.79 Å². The molecule has 26 heavy (non-hydrogen) atoms. The van der Waals surface area contributed by atoms with Gasteiger partial charge < -0.3 is 11.1 Å². The van der Waals surface area contributed by atoms with E-state index in [4.69, 9.17) is 5.73 Å². The van der Waals surface area contributed by atoms with E-state index >= 15 is 0 Å². The smallest absolute Gasteiger partial charge is 0.255 e. The van der Waals surface area contributed by atoms with Crippen molar-refractivity contribution in [1.29, 1.82) is 0 Å². The molecule has 0 aliphatic carbocycles. The molecule has 1 aromatic heterocycles. The molecule has 0 aliphatic rings. The van der Waals surface area contributed by atoms with Gasteiger partial charge in [0.15, 0.2) is 0 Å². The molecule has 3 rings (SSSR count). The van der Waals surface area contributed by atoms with Gasteiger partial charge in [-0.1, -0.05) is 50.2 Å². The van der Waals surface area contributed by atoms with Crippen molar-refractivity contribution in [3.05, 3.63) is 71.3 Å². The zero-order valence-electron chi connectivity index (χ0n) is 15.4. The minimum atomic E-state index is -0.270. The van der Waals surface area contributed by atoms with E-state index < -0.39 is 0 Å². The number of benzene rings is 2. The Morgan fingerprint density at radius 1 is 1.15 bits per heavy atom. The monoisotopic (exact) mass is 348 g/mol. The third-order valence-electron chi connectivity index (χ3n) is 4.45. The van der Waals surface area contributed by atoms with Gasteiger partial charge in [0.25, 0.3) is 5.91 Å². The maximum atomic E-state index is 12.8. The van der Waals surface area contributed by atoms with Crippen LogP contribution >= 0.6 is 0 Å². The van der Waals surface area contributed by atoms with Crippen molar-refractivity contribution in [3.8, 4) is 0 Å². The number of amides is 1. The molecule has 1 heterocycles. The number of carbonyl (C=O) groups excluding carboxylic acids is 1. The third kappa shape index (κ3) is 3.73. The Bertz CT molecular complexity index is 936. The second kappa shape index (κ2) is 7.62. The van der Waals surface area contributed by atoms with Gasteiger partial charge in [-0.25, -0.2) is 9.97 Å². The van der Waals surface area contributed by atoms with E-state index in [9.17, 15) is 4.79 Å². The molecule has 0 spiro atoms. The topological polar surface area (TPSA) is 80.9 Å². The zero-order chi connectivity index (χ0) is 18.7. The first-order valence-electron chi connectivity index (χ1n) is 8.82. The van der Waals surface area contributed by atoms with Crippen LogP contribution in [0.1, 0.15) is 53.2 Å². The van der Waals surface area contributed by atoms with Crippen LogP contribution in [0.2, 0.25) is 0 Å². The summed E-state index contributed by atoms with van der Waals surface area (Å²) in [5, 5.41) is 5.32. The van der Waals surface area contributed by atoms with Crippen LogP contribution < -0.4 is 11.1 Å². The molecule has 0 fully saturated rings. The number of carbonyl (C=O) groups is 1. The molecule has 2 aromatic carbocycles. The Morgan fingerprint density at radius 3 is 2.58 bits per heavy atom. The lowest BCUT2D eigenvalue weighted by molar-refractivity contribution is 0.0935. The van der Waals surface area contributed by atoms with E-state index in [0.717, 1.165) is 22.0 Å². The average Bonchev–Trinajstić information content (AvgIpc) is 2.65. The van der Waals surface area contributed by atoms with Gasteiger partial charge in [0.1, 0.15) is 5.82 Å². The predicted molar refractivity (Wildman–Crippen MR) is 104 cm³/mol. The van der Waals surface area contributed by atoms with Gasteiger partial charge >= 0.3 is 0 Å². The lowest BCUT2D eigenvalue weighted by Crippen LogP contribution is -2.34. The van der Waals surface area contributed by atoms with Crippen LogP contribution in [0.25, 0.3) is 10.8 Å². The van der Waals surface area contributed by atoms with Crippen LogP contribution in [0.5, 0.6) is 0 Å². The molecular formula is C21H24N4O. The zero-order valence-corrected chi connectivity index (χ0v) is 15.4. The summed E-state index contributed by atoms with van der Waals surface area (Å²) in [5.41, 5.74) is 8.19. The molecule has 3 aromatic rings. The van der Waals surface area contributed by atoms with Crippen LogP contribution in [-0.2, 0) is 0 Å². The maximum Gasteiger partial charge on any atom is 0.255 e. The second-order valence-corrected chi connectivity index (χ2v) is 6.74. The standard InChI is InChI=1S/C21H24N4O/c1-13(2)20-18(12-23-14(3)24-20)21(26)25-19(11-22)17-9-8-15-6-4-5-7-16(15)10-17/h4-10,12-13,19H,11,22H2,1-3H3,(H,25,26). The first kappa shape index (κ1) is 18.0. The summed E-state index contributed by atoms with van der Waals surface area (Å²) in [6, 6.07) is 14.0. The summed E-state index contributed by atoms with van der Waals surface area (Å²) >= 11 is 0. The Morgan fingerprint density at radius 2 is 1.88 bits per heavy atom. The molecule has 3 N–H and O–H groups in total. The molecule has 0 radical (unpaired) electrons. The van der Waals surface area contributed by atoms with Crippen LogP contribution in [0.15, 0.2) is 48.7 Å². The first-order valence-corrected chi connectivity index (χ1v) is 8.82. The fraction of sp³-hybridized carbons (Fsp3) is 0.286. The molecule has 134 valence electrons. The molecule has 0 saturated carbocycles. The number of aryl methyl sites for hydroxylation is 1. The molecule has 0 aliphatic heterocycles. The molecule has 5 heteroatoms. The van der Waals surface area contributed by atoms with E-state index in [0.29, 0.717) is 17.9 Å². The summed E-state index contributed by atoms with van der Waals surface area (Å²) in [5.74, 6) is 0.599. The number of hydrogen-bond donors (Lipinski definition) is 2. The number of rotatable bonds is 5. The molecule has 1 unspecified atom stereocenters. The second-order valence-electron chi connectivity index (χ2n) is 6.74. The normalized spacial score (nSPS) is 12.3. The van der Waals surface area contributed by atoms with Gasteiger partial charge in [0, 0.05) is 12.7 Å². The molecule has 5 nitrogen and oxygen atoms in total. The summed E-state index contributed by atoms with van der Waals surface area (Å²) in [7, 11) is 0. The highest BCUT2D eigenvalue weighted by molar-refractivity contribution is 5.95. The van der Waals surface area contributed by atoms with Crippen molar-refractivity contribution in [3.63, 3.8) is 0 Å². The fourth-order valence-electron chi connectivity index (χ4n) is 3.04. The van der Waals surface area contributed by atoms with Crippen molar-refractivity contribution in [1.82, 2.24) is 15.3 Å². The lowest BCUT2D eigenvalue weighted by Gasteiger charge is -2.19. The summed E-state index contributed by atoms with van der Waals surface area (Å²) in [4.78, 5) is 21.5. The lowest BCUT2D eigenvalue weighted by atomic mass is 10.0. The number of hydrogen-bond acceptors (Lipinski definition) is 4. The number of nitrogens with two attached hydrogens (primary N) is 1. The van der Waals surface area contributed by atoms with Crippen LogP contribution in [-0.4, -0.2) is 22.4 Å². The maximum absolute atomic E-state index is 12.8. The van der Waals surface area contributed by atoms with E-state index in [1.54, 1.807) is 6.20 Å². The number of nitrogens with zero attached hydrogens (tertiary/aromatic N) is 2.